The number of benzene rings is 1. The minimum Gasteiger partial charge on any atom is -0.312 e. The lowest BCUT2D eigenvalue weighted by molar-refractivity contribution is 0.201. The minimum absolute atomic E-state index is 0. The second-order valence-electron chi connectivity index (χ2n) is 5.09. The van der Waals surface area contributed by atoms with Crippen LogP contribution in [0.15, 0.2) is 36.5 Å². The molecule has 108 valence electrons. The molecule has 0 saturated carbocycles. The molecule has 2 aromatic rings. The first kappa shape index (κ1) is 15.4. The Labute approximate surface area is 130 Å². The van der Waals surface area contributed by atoms with E-state index in [0.717, 1.165) is 31.2 Å². The number of hydrogen-bond acceptors (Lipinski definition) is 4. The van der Waals surface area contributed by atoms with E-state index in [9.17, 15) is 0 Å². The van der Waals surface area contributed by atoms with Gasteiger partial charge < -0.3 is 5.32 Å². The van der Waals surface area contributed by atoms with E-state index in [1.165, 1.54) is 10.4 Å². The van der Waals surface area contributed by atoms with Crippen molar-refractivity contribution in [3.63, 3.8) is 0 Å². The number of thiazole rings is 1. The molecule has 2 heterocycles. The van der Waals surface area contributed by atoms with Gasteiger partial charge in [-0.3, -0.25) is 4.90 Å². The standard InChI is InChI=1S/C15H19N3S.ClH/c1-12-10-18(8-7-16-12)11-14-9-17-15(19-14)13-5-3-2-4-6-13;/h2-6,9,12,16H,7-8,10-11H2,1H3;1H. The van der Waals surface area contributed by atoms with Crippen LogP contribution in [-0.2, 0) is 6.54 Å². The van der Waals surface area contributed by atoms with E-state index < -0.39 is 0 Å². The van der Waals surface area contributed by atoms with Crippen molar-refractivity contribution in [1.82, 2.24) is 15.2 Å². The first-order valence-electron chi connectivity index (χ1n) is 6.77. The topological polar surface area (TPSA) is 28.2 Å². The van der Waals surface area contributed by atoms with Crippen LogP contribution < -0.4 is 5.32 Å². The molecule has 3 rings (SSSR count). The lowest BCUT2D eigenvalue weighted by Gasteiger charge is -2.31. The van der Waals surface area contributed by atoms with E-state index in [2.05, 4.69) is 46.4 Å². The highest BCUT2D eigenvalue weighted by atomic mass is 35.5. The number of halogens is 1. The quantitative estimate of drug-likeness (QED) is 0.944. The van der Waals surface area contributed by atoms with Gasteiger partial charge >= 0.3 is 0 Å². The Morgan fingerprint density at radius 1 is 1.35 bits per heavy atom. The molecule has 3 nitrogen and oxygen atoms in total. The fraction of sp³-hybridized carbons (Fsp3) is 0.400. The summed E-state index contributed by atoms with van der Waals surface area (Å²) in [5.41, 5.74) is 1.22. The van der Waals surface area contributed by atoms with Gasteiger partial charge in [0.15, 0.2) is 0 Å². The lowest BCUT2D eigenvalue weighted by Crippen LogP contribution is -2.48. The smallest absolute Gasteiger partial charge is 0.123 e. The van der Waals surface area contributed by atoms with Gasteiger partial charge in [0.05, 0.1) is 0 Å². The molecule has 0 bridgehead atoms. The first-order valence-corrected chi connectivity index (χ1v) is 7.59. The van der Waals surface area contributed by atoms with Crippen LogP contribution in [0.1, 0.15) is 11.8 Å². The average molecular weight is 310 g/mol. The summed E-state index contributed by atoms with van der Waals surface area (Å²) in [6.45, 7) is 6.61. The van der Waals surface area contributed by atoms with Crippen molar-refractivity contribution in [2.75, 3.05) is 19.6 Å². The number of hydrogen-bond donors (Lipinski definition) is 1. The van der Waals surface area contributed by atoms with Gasteiger partial charge in [0.1, 0.15) is 5.01 Å². The van der Waals surface area contributed by atoms with Crippen LogP contribution in [0.4, 0.5) is 0 Å². The number of aromatic nitrogens is 1. The fourth-order valence-electron chi connectivity index (χ4n) is 2.47. The summed E-state index contributed by atoms with van der Waals surface area (Å²) >= 11 is 1.81. The summed E-state index contributed by atoms with van der Waals surface area (Å²) in [5, 5.41) is 4.60. The Hall–Kier alpha value is -0.940. The number of nitrogens with one attached hydrogen (secondary N) is 1. The highest BCUT2D eigenvalue weighted by Crippen LogP contribution is 2.25. The lowest BCUT2D eigenvalue weighted by atomic mass is 10.2. The summed E-state index contributed by atoms with van der Waals surface area (Å²) < 4.78 is 0. The molecule has 1 unspecified atom stereocenters. The molecular formula is C15H20ClN3S. The van der Waals surface area contributed by atoms with Gasteiger partial charge in [0, 0.05) is 48.9 Å². The normalized spacial score (nSPS) is 19.6. The Balaban J connectivity index is 0.00000147. The molecule has 0 amide bonds. The molecule has 1 aromatic carbocycles. The van der Waals surface area contributed by atoms with Gasteiger partial charge in [0.25, 0.3) is 0 Å². The fourth-order valence-corrected chi connectivity index (χ4v) is 3.43. The highest BCUT2D eigenvalue weighted by Gasteiger charge is 2.16. The Kier molecular flexibility index (Phi) is 5.54. The van der Waals surface area contributed by atoms with Gasteiger partial charge in [-0.25, -0.2) is 4.98 Å². The average Bonchev–Trinajstić information content (AvgIpc) is 2.88. The maximum absolute atomic E-state index is 4.55. The van der Waals surface area contributed by atoms with Crippen molar-refractivity contribution in [2.24, 2.45) is 0 Å². The van der Waals surface area contributed by atoms with E-state index in [-0.39, 0.29) is 12.4 Å². The molecule has 5 heteroatoms. The summed E-state index contributed by atoms with van der Waals surface area (Å²) in [4.78, 5) is 8.41. The van der Waals surface area contributed by atoms with Gasteiger partial charge in [0.2, 0.25) is 0 Å². The van der Waals surface area contributed by atoms with Gasteiger partial charge in [-0.2, -0.15) is 0 Å². The van der Waals surface area contributed by atoms with Crippen molar-refractivity contribution in [1.29, 1.82) is 0 Å². The van der Waals surface area contributed by atoms with Crippen molar-refractivity contribution in [2.45, 2.75) is 19.5 Å². The molecular weight excluding hydrogens is 290 g/mol. The Morgan fingerprint density at radius 2 is 2.15 bits per heavy atom. The summed E-state index contributed by atoms with van der Waals surface area (Å²) in [7, 11) is 0. The predicted molar refractivity (Wildman–Crippen MR) is 87.5 cm³/mol. The van der Waals surface area contributed by atoms with Crippen LogP contribution in [0.25, 0.3) is 10.6 Å². The van der Waals surface area contributed by atoms with Crippen LogP contribution in [-0.4, -0.2) is 35.6 Å². The first-order chi connectivity index (χ1) is 9.31. The zero-order valence-electron chi connectivity index (χ0n) is 11.6. The Bertz CT molecular complexity index is 529. The number of piperazine rings is 1. The van der Waals surface area contributed by atoms with Crippen LogP contribution in [0.5, 0.6) is 0 Å². The highest BCUT2D eigenvalue weighted by molar-refractivity contribution is 7.15. The number of nitrogens with zero attached hydrogens (tertiary/aromatic N) is 2. The maximum atomic E-state index is 4.55. The largest absolute Gasteiger partial charge is 0.312 e. The van der Waals surface area contributed by atoms with Crippen LogP contribution >= 0.6 is 23.7 Å². The maximum Gasteiger partial charge on any atom is 0.123 e. The minimum atomic E-state index is 0. The summed E-state index contributed by atoms with van der Waals surface area (Å²) in [6, 6.07) is 11.0. The third-order valence-electron chi connectivity index (χ3n) is 3.41. The van der Waals surface area contributed by atoms with Crippen molar-refractivity contribution >= 4 is 23.7 Å². The molecule has 0 spiro atoms. The van der Waals surface area contributed by atoms with E-state index >= 15 is 0 Å². The SMILES string of the molecule is CC1CN(Cc2cnc(-c3ccccc3)s2)CCN1.Cl. The zero-order chi connectivity index (χ0) is 13.1. The van der Waals surface area contributed by atoms with Crippen LogP contribution in [0.2, 0.25) is 0 Å². The molecule has 20 heavy (non-hydrogen) atoms. The van der Waals surface area contributed by atoms with E-state index in [0.29, 0.717) is 6.04 Å². The molecule has 1 aliphatic rings. The molecule has 1 saturated heterocycles. The molecule has 1 aliphatic heterocycles. The third kappa shape index (κ3) is 3.79. The van der Waals surface area contributed by atoms with E-state index in [1.807, 2.05) is 23.6 Å². The van der Waals surface area contributed by atoms with Crippen LogP contribution in [0, 0.1) is 0 Å². The molecule has 1 fully saturated rings. The molecule has 1 aromatic heterocycles. The molecule has 0 aliphatic carbocycles. The predicted octanol–water partition coefficient (Wildman–Crippen LogP) is 3.03. The summed E-state index contributed by atoms with van der Waals surface area (Å²) in [5.74, 6) is 0. The second-order valence-corrected chi connectivity index (χ2v) is 6.20. The van der Waals surface area contributed by atoms with Gasteiger partial charge in [-0.1, -0.05) is 30.3 Å². The van der Waals surface area contributed by atoms with Crippen molar-refractivity contribution in [3.8, 4) is 10.6 Å². The van der Waals surface area contributed by atoms with Gasteiger partial charge in [-0.05, 0) is 6.92 Å². The molecule has 1 atom stereocenters. The second kappa shape index (κ2) is 7.18. The van der Waals surface area contributed by atoms with Crippen molar-refractivity contribution < 1.29 is 0 Å². The van der Waals surface area contributed by atoms with E-state index in [1.54, 1.807) is 0 Å². The molecule has 0 radical (unpaired) electrons. The number of rotatable bonds is 3. The third-order valence-corrected chi connectivity index (χ3v) is 4.44. The molecule has 1 N–H and O–H groups in total. The van der Waals surface area contributed by atoms with Crippen molar-refractivity contribution in [3.05, 3.63) is 41.4 Å². The monoisotopic (exact) mass is 309 g/mol. The summed E-state index contributed by atoms with van der Waals surface area (Å²) in [6.07, 6.45) is 2.03. The van der Waals surface area contributed by atoms with Gasteiger partial charge in [-0.15, -0.1) is 23.7 Å². The zero-order valence-corrected chi connectivity index (χ0v) is 13.2. The van der Waals surface area contributed by atoms with Crippen LogP contribution in [0.3, 0.4) is 0 Å². The van der Waals surface area contributed by atoms with E-state index in [4.69, 9.17) is 0 Å². The Morgan fingerprint density at radius 3 is 2.90 bits per heavy atom.